The molecule has 3 atom stereocenters. The first kappa shape index (κ1) is 26.6. The SMILES string of the molecule is NC(=O)C1(C(=O)O)CCC(C(=O)O)(C(Cc2ccccc2)(C(N)=O)C2=COCO2)N1c1nc(-n2ccnc2)ns1. The number of hydrogen-bond donors (Lipinski definition) is 4. The summed E-state index contributed by atoms with van der Waals surface area (Å²) in [6.45, 7) is -0.349. The first-order chi connectivity index (χ1) is 19.1. The van der Waals surface area contributed by atoms with Gasteiger partial charge >= 0.3 is 11.9 Å². The highest BCUT2D eigenvalue weighted by Crippen LogP contribution is 2.58. The van der Waals surface area contributed by atoms with E-state index in [4.69, 9.17) is 20.9 Å². The van der Waals surface area contributed by atoms with Crippen LogP contribution in [-0.4, -0.2) is 70.7 Å². The topological polar surface area (TPSA) is 226 Å². The molecule has 2 aromatic heterocycles. The molecule has 5 rings (SSSR count). The molecule has 0 aliphatic carbocycles. The van der Waals surface area contributed by atoms with E-state index in [1.165, 1.54) is 23.3 Å². The molecule has 2 aliphatic rings. The number of nitrogens with two attached hydrogens (primary N) is 2. The van der Waals surface area contributed by atoms with Crippen molar-refractivity contribution in [3.8, 4) is 5.95 Å². The van der Waals surface area contributed by atoms with Crippen LogP contribution < -0.4 is 16.4 Å². The minimum atomic E-state index is -2.65. The van der Waals surface area contributed by atoms with Crippen LogP contribution in [0.15, 0.2) is 61.1 Å². The molecule has 40 heavy (non-hydrogen) atoms. The Labute approximate surface area is 229 Å². The van der Waals surface area contributed by atoms with Crippen molar-refractivity contribution in [3.05, 3.63) is 66.6 Å². The summed E-state index contributed by atoms with van der Waals surface area (Å²) < 4.78 is 16.4. The smallest absolute Gasteiger partial charge is 0.339 e. The highest BCUT2D eigenvalue weighted by Gasteiger charge is 2.77. The van der Waals surface area contributed by atoms with E-state index >= 15 is 0 Å². The number of ether oxygens (including phenoxy) is 2. The third kappa shape index (κ3) is 3.59. The molecule has 1 fully saturated rings. The van der Waals surface area contributed by atoms with Crippen LogP contribution in [0.2, 0.25) is 0 Å². The van der Waals surface area contributed by atoms with E-state index in [1.807, 2.05) is 0 Å². The number of benzene rings is 1. The normalized spacial score (nSPS) is 23.5. The molecule has 0 spiro atoms. The number of hydrogen-bond acceptors (Lipinski definition) is 11. The number of carbonyl (C=O) groups excluding carboxylic acids is 2. The van der Waals surface area contributed by atoms with Gasteiger partial charge in [0, 0.05) is 23.9 Å². The van der Waals surface area contributed by atoms with Crippen LogP contribution in [0.1, 0.15) is 18.4 Å². The fraction of sp³-hybridized carbons (Fsp3) is 0.292. The zero-order chi connectivity index (χ0) is 28.7. The standard InChI is InChI=1S/C24H23N7O8S/c25-16(32)22(15-11-38-13-39-15,10-14-4-2-1-3-5-14)24(19(36)37)7-6-23(17(26)33,18(34)35)31(24)21-28-20(29-40-21)30-9-8-27-12-30/h1-5,8-9,11-12H,6-7,10,13H2,(H2,25,32)(H2,26,33)(H,34,35)(H,36,37). The predicted octanol–water partition coefficient (Wildman–Crippen LogP) is 0.0162. The minimum Gasteiger partial charge on any atom is -0.479 e. The highest BCUT2D eigenvalue weighted by molar-refractivity contribution is 7.10. The second-order valence-corrected chi connectivity index (χ2v) is 9.95. The molecule has 0 saturated carbocycles. The van der Waals surface area contributed by atoms with Gasteiger partial charge in [0.2, 0.25) is 29.3 Å². The van der Waals surface area contributed by atoms with Gasteiger partial charge in [-0.2, -0.15) is 9.36 Å². The lowest BCUT2D eigenvalue weighted by Crippen LogP contribution is -2.74. The Morgan fingerprint density at radius 3 is 2.40 bits per heavy atom. The summed E-state index contributed by atoms with van der Waals surface area (Å²) in [6, 6.07) is 8.36. The van der Waals surface area contributed by atoms with Crippen LogP contribution in [0, 0.1) is 5.41 Å². The van der Waals surface area contributed by atoms with E-state index < -0.39 is 53.1 Å². The third-order valence-corrected chi connectivity index (χ3v) is 8.08. The lowest BCUT2D eigenvalue weighted by Gasteiger charge is -2.50. The summed E-state index contributed by atoms with van der Waals surface area (Å²) in [4.78, 5) is 62.2. The molecular formula is C24H23N7O8S. The predicted molar refractivity (Wildman–Crippen MR) is 136 cm³/mol. The molecule has 6 N–H and O–H groups in total. The fourth-order valence-corrected chi connectivity index (χ4v) is 6.38. The zero-order valence-corrected chi connectivity index (χ0v) is 21.5. The third-order valence-electron chi connectivity index (χ3n) is 7.39. The maximum Gasteiger partial charge on any atom is 0.339 e. The molecule has 3 aromatic rings. The van der Waals surface area contributed by atoms with E-state index in [-0.39, 0.29) is 30.1 Å². The first-order valence-corrected chi connectivity index (χ1v) is 12.6. The summed E-state index contributed by atoms with van der Waals surface area (Å²) in [5, 5.41) is 21.2. The summed E-state index contributed by atoms with van der Waals surface area (Å²) >= 11 is 0.617. The number of aromatic nitrogens is 4. The van der Waals surface area contributed by atoms with Crippen molar-refractivity contribution in [2.75, 3.05) is 11.7 Å². The van der Waals surface area contributed by atoms with Crippen LogP contribution in [-0.2, 0) is 35.1 Å². The summed E-state index contributed by atoms with van der Waals surface area (Å²) in [7, 11) is 0. The lowest BCUT2D eigenvalue weighted by atomic mass is 9.62. The second-order valence-electron chi connectivity index (χ2n) is 9.22. The van der Waals surface area contributed by atoms with Crippen molar-refractivity contribution in [2.45, 2.75) is 30.3 Å². The van der Waals surface area contributed by atoms with Gasteiger partial charge in [-0.3, -0.25) is 14.2 Å². The van der Waals surface area contributed by atoms with Crippen molar-refractivity contribution < 1.29 is 38.9 Å². The van der Waals surface area contributed by atoms with Crippen LogP contribution in [0.4, 0.5) is 5.13 Å². The van der Waals surface area contributed by atoms with Crippen molar-refractivity contribution in [2.24, 2.45) is 16.9 Å². The van der Waals surface area contributed by atoms with Crippen LogP contribution in [0.25, 0.3) is 5.95 Å². The number of carboxylic acids is 2. The van der Waals surface area contributed by atoms with E-state index in [0.29, 0.717) is 17.1 Å². The van der Waals surface area contributed by atoms with E-state index in [9.17, 15) is 29.4 Å². The van der Waals surface area contributed by atoms with Crippen LogP contribution >= 0.6 is 11.5 Å². The molecule has 1 saturated heterocycles. The Bertz CT molecular complexity index is 1490. The second kappa shape index (κ2) is 9.64. The number of anilines is 1. The van der Waals surface area contributed by atoms with Gasteiger partial charge in [-0.1, -0.05) is 30.3 Å². The first-order valence-electron chi connectivity index (χ1n) is 11.8. The van der Waals surface area contributed by atoms with Gasteiger partial charge in [-0.25, -0.2) is 14.6 Å². The van der Waals surface area contributed by atoms with Crippen molar-refractivity contribution >= 4 is 40.4 Å². The monoisotopic (exact) mass is 569 g/mol. The molecule has 15 nitrogen and oxygen atoms in total. The number of rotatable bonds is 10. The highest BCUT2D eigenvalue weighted by atomic mass is 32.1. The summed E-state index contributed by atoms with van der Waals surface area (Å²) in [6.07, 6.45) is 3.88. The molecule has 2 amide bonds. The van der Waals surface area contributed by atoms with E-state index in [0.717, 1.165) is 11.2 Å². The van der Waals surface area contributed by atoms with Gasteiger partial charge in [0.25, 0.3) is 5.91 Å². The Morgan fingerprint density at radius 2 is 1.85 bits per heavy atom. The number of amides is 2. The van der Waals surface area contributed by atoms with Gasteiger partial charge in [0.05, 0.1) is 0 Å². The minimum absolute atomic E-state index is 0.0137. The van der Waals surface area contributed by atoms with Crippen molar-refractivity contribution in [3.63, 3.8) is 0 Å². The number of aliphatic carboxylic acids is 2. The average molecular weight is 570 g/mol. The number of carboxylic acid groups (broad SMARTS) is 2. The fourth-order valence-electron chi connectivity index (χ4n) is 5.57. The molecule has 0 bridgehead atoms. The summed E-state index contributed by atoms with van der Waals surface area (Å²) in [5.41, 5.74) is 4.71. The van der Waals surface area contributed by atoms with Gasteiger partial charge in [0.1, 0.15) is 18.0 Å². The molecule has 0 radical (unpaired) electrons. The number of carbonyl (C=O) groups is 4. The Kier molecular flexibility index (Phi) is 6.41. The molecule has 4 heterocycles. The van der Waals surface area contributed by atoms with E-state index in [2.05, 4.69) is 14.3 Å². The zero-order valence-electron chi connectivity index (χ0n) is 20.7. The molecule has 3 unspecified atom stereocenters. The quantitative estimate of drug-likeness (QED) is 0.237. The Balaban J connectivity index is 1.86. The molecular weight excluding hydrogens is 546 g/mol. The molecule has 208 valence electrons. The van der Waals surface area contributed by atoms with E-state index in [1.54, 1.807) is 30.3 Å². The van der Waals surface area contributed by atoms with Gasteiger partial charge in [0.15, 0.2) is 11.3 Å². The summed E-state index contributed by atoms with van der Waals surface area (Å²) in [5.74, 6) is -6.16. The van der Waals surface area contributed by atoms with Crippen molar-refractivity contribution in [1.29, 1.82) is 0 Å². The van der Waals surface area contributed by atoms with Crippen molar-refractivity contribution in [1.82, 2.24) is 18.9 Å². The molecule has 2 aliphatic heterocycles. The van der Waals surface area contributed by atoms with Gasteiger partial charge < -0.3 is 36.1 Å². The Morgan fingerprint density at radius 1 is 1.10 bits per heavy atom. The number of nitrogens with zero attached hydrogens (tertiary/aromatic N) is 5. The number of primary amides is 2. The van der Waals surface area contributed by atoms with Crippen LogP contribution in [0.5, 0.6) is 0 Å². The lowest BCUT2D eigenvalue weighted by molar-refractivity contribution is -0.156. The largest absolute Gasteiger partial charge is 0.479 e. The van der Waals surface area contributed by atoms with Gasteiger partial charge in [-0.05, 0) is 24.8 Å². The van der Waals surface area contributed by atoms with Crippen LogP contribution in [0.3, 0.4) is 0 Å². The molecule has 16 heteroatoms. The van der Waals surface area contributed by atoms with Gasteiger partial charge in [-0.15, -0.1) is 0 Å². The Hall–Kier alpha value is -4.99. The maximum absolute atomic E-state index is 13.7. The maximum atomic E-state index is 13.7. The molecule has 1 aromatic carbocycles. The number of imidazole rings is 1. The average Bonchev–Trinajstić information content (AvgIpc) is 3.73.